The van der Waals surface area contributed by atoms with Crippen LogP contribution in [-0.4, -0.2) is 61.6 Å². The lowest BCUT2D eigenvalue weighted by Gasteiger charge is -2.39. The third-order valence-electron chi connectivity index (χ3n) is 5.99. The molecule has 0 bridgehead atoms. The quantitative estimate of drug-likeness (QED) is 0.456. The summed E-state index contributed by atoms with van der Waals surface area (Å²) in [4.78, 5) is 25.3. The van der Waals surface area contributed by atoms with E-state index in [0.717, 1.165) is 11.1 Å². The molecule has 0 aliphatic carbocycles. The summed E-state index contributed by atoms with van der Waals surface area (Å²) in [5, 5.41) is 4.04. The van der Waals surface area contributed by atoms with Crippen molar-refractivity contribution in [3.05, 3.63) is 108 Å². The topological polar surface area (TPSA) is 67.2 Å². The van der Waals surface area contributed by atoms with Gasteiger partial charge in [0.05, 0.1) is 11.6 Å². The van der Waals surface area contributed by atoms with E-state index in [1.54, 1.807) is 53.8 Å². The molecule has 0 spiro atoms. The van der Waals surface area contributed by atoms with Crippen LogP contribution in [0, 0.1) is 11.6 Å². The molecule has 0 atom stereocenters. The van der Waals surface area contributed by atoms with E-state index in [2.05, 4.69) is 20.0 Å². The van der Waals surface area contributed by atoms with E-state index in [1.165, 1.54) is 35.3 Å². The minimum Gasteiger partial charge on any atom is -0.336 e. The Hall–Kier alpha value is -3.98. The van der Waals surface area contributed by atoms with Crippen LogP contribution >= 0.6 is 0 Å². The number of hydrogen-bond donors (Lipinski definition) is 0. The molecule has 0 saturated carbocycles. The molecule has 9 heteroatoms. The van der Waals surface area contributed by atoms with Crippen LogP contribution in [0.5, 0.6) is 0 Å². The van der Waals surface area contributed by atoms with Gasteiger partial charge in [0.15, 0.2) is 5.82 Å². The SMILES string of the molecule is O=C(c1ccc(-n2cncn2)nc1)N1CCN(C(c2ccc(F)cc2)c2ccc(F)cc2)CC1. The van der Waals surface area contributed by atoms with Crippen LogP contribution < -0.4 is 0 Å². The smallest absolute Gasteiger partial charge is 0.255 e. The van der Waals surface area contributed by atoms with Gasteiger partial charge in [-0.15, -0.1) is 0 Å². The molecule has 172 valence electrons. The molecule has 5 rings (SSSR count). The van der Waals surface area contributed by atoms with Crippen LogP contribution in [0.25, 0.3) is 5.82 Å². The Morgan fingerprint density at radius 1 is 0.824 bits per heavy atom. The Bertz CT molecular complexity index is 1190. The highest BCUT2D eigenvalue weighted by Gasteiger charge is 2.29. The Morgan fingerprint density at radius 3 is 1.94 bits per heavy atom. The molecule has 34 heavy (non-hydrogen) atoms. The van der Waals surface area contributed by atoms with Gasteiger partial charge in [0.25, 0.3) is 5.91 Å². The van der Waals surface area contributed by atoms with Crippen LogP contribution in [-0.2, 0) is 0 Å². The van der Waals surface area contributed by atoms with Crippen molar-refractivity contribution in [3.8, 4) is 5.82 Å². The summed E-state index contributed by atoms with van der Waals surface area (Å²) >= 11 is 0. The predicted octanol–water partition coefficient (Wildman–Crippen LogP) is 3.49. The maximum atomic E-state index is 13.5. The molecule has 1 aliphatic heterocycles. The van der Waals surface area contributed by atoms with Crippen LogP contribution in [0.3, 0.4) is 0 Å². The molecule has 7 nitrogen and oxygen atoms in total. The largest absolute Gasteiger partial charge is 0.336 e. The fraction of sp³-hybridized carbons (Fsp3) is 0.200. The highest BCUT2D eigenvalue weighted by Crippen LogP contribution is 2.30. The first-order chi connectivity index (χ1) is 16.6. The van der Waals surface area contributed by atoms with Crippen molar-refractivity contribution < 1.29 is 13.6 Å². The summed E-state index contributed by atoms with van der Waals surface area (Å²) in [5.41, 5.74) is 2.34. The molecular formula is C25H22F2N6O. The van der Waals surface area contributed by atoms with Crippen LogP contribution in [0.1, 0.15) is 27.5 Å². The lowest BCUT2D eigenvalue weighted by atomic mass is 9.96. The first kappa shape index (κ1) is 21.8. The third-order valence-corrected chi connectivity index (χ3v) is 5.99. The number of rotatable bonds is 5. The summed E-state index contributed by atoms with van der Waals surface area (Å²) in [6.07, 6.45) is 4.51. The average Bonchev–Trinajstić information content (AvgIpc) is 3.42. The van der Waals surface area contributed by atoms with Gasteiger partial charge in [-0.05, 0) is 47.5 Å². The number of amides is 1. The summed E-state index contributed by atoms with van der Waals surface area (Å²) in [6.45, 7) is 2.30. The van der Waals surface area contributed by atoms with Crippen molar-refractivity contribution >= 4 is 5.91 Å². The number of halogens is 2. The Morgan fingerprint density at radius 2 is 1.44 bits per heavy atom. The van der Waals surface area contributed by atoms with E-state index < -0.39 is 0 Å². The van der Waals surface area contributed by atoms with E-state index >= 15 is 0 Å². The molecule has 0 N–H and O–H groups in total. The van der Waals surface area contributed by atoms with Gasteiger partial charge in [0.1, 0.15) is 24.3 Å². The predicted molar refractivity (Wildman–Crippen MR) is 121 cm³/mol. The second kappa shape index (κ2) is 9.48. The van der Waals surface area contributed by atoms with Crippen molar-refractivity contribution in [2.24, 2.45) is 0 Å². The Kier molecular flexibility index (Phi) is 6.09. The molecule has 2 aromatic heterocycles. The highest BCUT2D eigenvalue weighted by atomic mass is 19.1. The summed E-state index contributed by atoms with van der Waals surface area (Å²) in [7, 11) is 0. The first-order valence-corrected chi connectivity index (χ1v) is 10.9. The van der Waals surface area contributed by atoms with Crippen molar-refractivity contribution in [3.63, 3.8) is 0 Å². The van der Waals surface area contributed by atoms with E-state index in [9.17, 15) is 13.6 Å². The van der Waals surface area contributed by atoms with E-state index in [4.69, 9.17) is 0 Å². The number of benzene rings is 2. The minimum absolute atomic E-state index is 0.0857. The standard InChI is InChI=1S/C25H22F2N6O/c26-21-6-1-18(2-7-21)24(19-3-8-22(27)9-4-19)31-11-13-32(14-12-31)25(34)20-5-10-23(29-15-20)33-17-28-16-30-33/h1-10,15-17,24H,11-14H2. The number of piperazine rings is 1. The fourth-order valence-electron chi connectivity index (χ4n) is 4.24. The molecule has 4 aromatic rings. The minimum atomic E-state index is -0.305. The van der Waals surface area contributed by atoms with Gasteiger partial charge in [-0.25, -0.2) is 23.4 Å². The van der Waals surface area contributed by atoms with Gasteiger partial charge in [0.2, 0.25) is 0 Å². The zero-order chi connectivity index (χ0) is 23.5. The number of carbonyl (C=O) groups is 1. The van der Waals surface area contributed by atoms with E-state index in [0.29, 0.717) is 37.6 Å². The van der Waals surface area contributed by atoms with Crippen molar-refractivity contribution in [2.75, 3.05) is 26.2 Å². The summed E-state index contributed by atoms with van der Waals surface area (Å²) < 4.78 is 28.6. The highest BCUT2D eigenvalue weighted by molar-refractivity contribution is 5.94. The zero-order valence-electron chi connectivity index (χ0n) is 18.3. The van der Waals surface area contributed by atoms with E-state index in [1.807, 2.05) is 0 Å². The number of pyridine rings is 1. The number of nitrogens with zero attached hydrogens (tertiary/aromatic N) is 6. The lowest BCUT2D eigenvalue weighted by Crippen LogP contribution is -2.49. The van der Waals surface area contributed by atoms with Crippen LogP contribution in [0.4, 0.5) is 8.78 Å². The normalized spacial score (nSPS) is 14.5. The maximum absolute atomic E-state index is 13.5. The van der Waals surface area contributed by atoms with Crippen molar-refractivity contribution in [1.29, 1.82) is 0 Å². The van der Waals surface area contributed by atoms with Crippen molar-refractivity contribution in [2.45, 2.75) is 6.04 Å². The molecule has 0 radical (unpaired) electrons. The van der Waals surface area contributed by atoms with Crippen LogP contribution in [0.2, 0.25) is 0 Å². The number of carbonyl (C=O) groups excluding carboxylic acids is 1. The summed E-state index contributed by atoms with van der Waals surface area (Å²) in [5.74, 6) is -0.112. The molecule has 1 saturated heterocycles. The molecule has 1 aliphatic rings. The van der Waals surface area contributed by atoms with Gasteiger partial charge in [-0.1, -0.05) is 24.3 Å². The Labute approximate surface area is 195 Å². The molecule has 1 fully saturated rings. The second-order valence-electron chi connectivity index (χ2n) is 8.08. The number of hydrogen-bond acceptors (Lipinski definition) is 5. The monoisotopic (exact) mass is 460 g/mol. The zero-order valence-corrected chi connectivity index (χ0v) is 18.3. The lowest BCUT2D eigenvalue weighted by molar-refractivity contribution is 0.0597. The summed E-state index contributed by atoms with van der Waals surface area (Å²) in [6, 6.07) is 16.0. The fourth-order valence-corrected chi connectivity index (χ4v) is 4.24. The number of aromatic nitrogens is 4. The van der Waals surface area contributed by atoms with Gasteiger partial charge >= 0.3 is 0 Å². The van der Waals surface area contributed by atoms with Crippen molar-refractivity contribution in [1.82, 2.24) is 29.5 Å². The second-order valence-corrected chi connectivity index (χ2v) is 8.08. The Balaban J connectivity index is 1.30. The molecular weight excluding hydrogens is 438 g/mol. The molecule has 3 heterocycles. The third kappa shape index (κ3) is 4.55. The van der Waals surface area contributed by atoms with E-state index in [-0.39, 0.29) is 23.6 Å². The maximum Gasteiger partial charge on any atom is 0.255 e. The molecule has 2 aromatic carbocycles. The molecule has 1 amide bonds. The van der Waals surface area contributed by atoms with Crippen LogP contribution in [0.15, 0.2) is 79.5 Å². The average molecular weight is 460 g/mol. The first-order valence-electron chi connectivity index (χ1n) is 10.9. The molecule has 0 unspecified atom stereocenters. The van der Waals surface area contributed by atoms with Gasteiger partial charge in [-0.2, -0.15) is 5.10 Å². The van der Waals surface area contributed by atoms with Gasteiger partial charge < -0.3 is 4.90 Å². The van der Waals surface area contributed by atoms with Gasteiger partial charge in [0, 0.05) is 32.4 Å². The van der Waals surface area contributed by atoms with Gasteiger partial charge in [-0.3, -0.25) is 9.69 Å².